The predicted molar refractivity (Wildman–Crippen MR) is 62.0 cm³/mol. The maximum atomic E-state index is 11.7. The van der Waals surface area contributed by atoms with Gasteiger partial charge < -0.3 is 4.74 Å². The number of hydrogen-bond donors (Lipinski definition) is 0. The summed E-state index contributed by atoms with van der Waals surface area (Å²) in [5.74, 6) is -0.103. The van der Waals surface area contributed by atoms with Crippen molar-refractivity contribution < 1.29 is 9.53 Å². The van der Waals surface area contributed by atoms with Crippen molar-refractivity contribution in [2.45, 2.75) is 23.6 Å². The molecule has 0 aliphatic heterocycles. The molecule has 0 heterocycles. The summed E-state index contributed by atoms with van der Waals surface area (Å²) in [5, 5.41) is 0.818. The highest BCUT2D eigenvalue weighted by Gasteiger charge is 2.52. The fourth-order valence-corrected chi connectivity index (χ4v) is 2.23. The average molecular weight is 269 g/mol. The molecule has 0 amide bonds. The number of alkyl halides is 1. The van der Waals surface area contributed by atoms with E-state index in [2.05, 4.69) is 22.0 Å². The molecule has 0 spiro atoms. The summed E-state index contributed by atoms with van der Waals surface area (Å²) < 4.78 is 4.85. The Bertz CT molecular complexity index is 383. The number of carbonyl (C=O) groups is 1. The summed E-state index contributed by atoms with van der Waals surface area (Å²) in [6, 6.07) is 8.13. The van der Waals surface area contributed by atoms with Gasteiger partial charge in [-0.2, -0.15) is 0 Å². The van der Waals surface area contributed by atoms with Crippen LogP contribution in [-0.2, 0) is 20.3 Å². The van der Waals surface area contributed by atoms with E-state index in [4.69, 9.17) is 4.74 Å². The van der Waals surface area contributed by atoms with E-state index in [1.165, 1.54) is 12.7 Å². The van der Waals surface area contributed by atoms with E-state index in [0.29, 0.717) is 0 Å². The summed E-state index contributed by atoms with van der Waals surface area (Å²) in [5.41, 5.74) is 1.95. The molecule has 0 aromatic heterocycles. The first-order valence-corrected chi connectivity index (χ1v) is 6.09. The van der Waals surface area contributed by atoms with Crippen LogP contribution in [0.1, 0.15) is 24.0 Å². The molecule has 0 bridgehead atoms. The van der Waals surface area contributed by atoms with Gasteiger partial charge in [0.2, 0.25) is 0 Å². The number of hydrogen-bond acceptors (Lipinski definition) is 2. The molecule has 1 aliphatic rings. The molecule has 80 valence electrons. The Labute approximate surface area is 97.8 Å². The fraction of sp³-hybridized carbons (Fsp3) is 0.417. The van der Waals surface area contributed by atoms with Crippen LogP contribution in [0.15, 0.2) is 24.3 Å². The van der Waals surface area contributed by atoms with Gasteiger partial charge in [0.1, 0.15) is 0 Å². The lowest BCUT2D eigenvalue weighted by atomic mass is 9.95. The van der Waals surface area contributed by atoms with Crippen LogP contribution in [-0.4, -0.2) is 13.1 Å². The van der Waals surface area contributed by atoms with E-state index in [-0.39, 0.29) is 11.4 Å². The number of methoxy groups -OCH3 is 1. The molecule has 0 saturated heterocycles. The maximum absolute atomic E-state index is 11.7. The van der Waals surface area contributed by atoms with Crippen molar-refractivity contribution in [3.8, 4) is 0 Å². The molecular formula is C12H13BrO2. The van der Waals surface area contributed by atoms with E-state index >= 15 is 0 Å². The topological polar surface area (TPSA) is 26.3 Å². The van der Waals surface area contributed by atoms with E-state index in [1.807, 2.05) is 18.2 Å². The highest BCUT2D eigenvalue weighted by molar-refractivity contribution is 9.08. The number of halogens is 1. The second kappa shape index (κ2) is 3.97. The first-order chi connectivity index (χ1) is 7.23. The molecule has 0 radical (unpaired) electrons. The monoisotopic (exact) mass is 268 g/mol. The number of esters is 1. The van der Waals surface area contributed by atoms with Gasteiger partial charge in [-0.05, 0) is 24.0 Å². The van der Waals surface area contributed by atoms with Gasteiger partial charge in [0.15, 0.2) is 0 Å². The van der Waals surface area contributed by atoms with Crippen molar-refractivity contribution in [3.63, 3.8) is 0 Å². The van der Waals surface area contributed by atoms with Gasteiger partial charge in [-0.3, -0.25) is 4.79 Å². The van der Waals surface area contributed by atoms with Crippen LogP contribution in [0, 0.1) is 0 Å². The highest BCUT2D eigenvalue weighted by Crippen LogP contribution is 2.49. The van der Waals surface area contributed by atoms with Gasteiger partial charge in [0.05, 0.1) is 12.5 Å². The van der Waals surface area contributed by atoms with Crippen LogP contribution in [0.5, 0.6) is 0 Å². The van der Waals surface area contributed by atoms with Crippen molar-refractivity contribution in [1.82, 2.24) is 0 Å². The van der Waals surface area contributed by atoms with Crippen molar-refractivity contribution in [2.24, 2.45) is 0 Å². The lowest BCUT2D eigenvalue weighted by Crippen LogP contribution is -2.21. The molecule has 1 aromatic rings. The van der Waals surface area contributed by atoms with E-state index in [0.717, 1.165) is 23.7 Å². The zero-order valence-corrected chi connectivity index (χ0v) is 10.2. The van der Waals surface area contributed by atoms with Gasteiger partial charge >= 0.3 is 5.97 Å². The molecule has 1 aromatic carbocycles. The Morgan fingerprint density at radius 2 is 2.27 bits per heavy atom. The second-order valence-electron chi connectivity index (χ2n) is 3.91. The molecule has 2 rings (SSSR count). The molecular weight excluding hydrogens is 256 g/mol. The molecule has 15 heavy (non-hydrogen) atoms. The minimum atomic E-state index is -0.340. The van der Waals surface area contributed by atoms with Crippen molar-refractivity contribution in [3.05, 3.63) is 35.4 Å². The van der Waals surface area contributed by atoms with Gasteiger partial charge in [0, 0.05) is 5.33 Å². The zero-order valence-electron chi connectivity index (χ0n) is 8.63. The Morgan fingerprint density at radius 1 is 1.53 bits per heavy atom. The number of rotatable bonds is 3. The molecule has 1 aliphatic carbocycles. The molecule has 0 atom stereocenters. The van der Waals surface area contributed by atoms with Crippen molar-refractivity contribution >= 4 is 21.9 Å². The highest BCUT2D eigenvalue weighted by atomic mass is 79.9. The van der Waals surface area contributed by atoms with E-state index in [9.17, 15) is 4.79 Å². The third-order valence-electron chi connectivity index (χ3n) is 2.96. The van der Waals surface area contributed by atoms with Gasteiger partial charge in [-0.1, -0.05) is 40.2 Å². The van der Waals surface area contributed by atoms with Crippen LogP contribution in [0.25, 0.3) is 0 Å². The average Bonchev–Trinajstić information content (AvgIpc) is 3.09. The molecule has 0 N–H and O–H groups in total. The Morgan fingerprint density at radius 3 is 2.80 bits per heavy atom. The SMILES string of the molecule is COC(=O)C1(c2cccc(CBr)c2)CC1. The van der Waals surface area contributed by atoms with Crippen LogP contribution in [0.3, 0.4) is 0 Å². The Balaban J connectivity index is 2.33. The normalized spacial score (nSPS) is 17.2. The van der Waals surface area contributed by atoms with Gasteiger partial charge in [-0.15, -0.1) is 0 Å². The number of carbonyl (C=O) groups excluding carboxylic acids is 1. The molecule has 2 nitrogen and oxygen atoms in total. The first-order valence-electron chi connectivity index (χ1n) is 4.97. The summed E-state index contributed by atoms with van der Waals surface area (Å²) in [4.78, 5) is 11.7. The zero-order chi connectivity index (χ0) is 10.9. The number of benzene rings is 1. The Hall–Kier alpha value is -0.830. The molecule has 1 saturated carbocycles. The first kappa shape index (κ1) is 10.7. The summed E-state index contributed by atoms with van der Waals surface area (Å²) >= 11 is 3.42. The molecule has 1 fully saturated rings. The van der Waals surface area contributed by atoms with Gasteiger partial charge in [-0.25, -0.2) is 0 Å². The van der Waals surface area contributed by atoms with E-state index in [1.54, 1.807) is 0 Å². The smallest absolute Gasteiger partial charge is 0.316 e. The predicted octanol–water partition coefficient (Wildman–Crippen LogP) is 2.79. The van der Waals surface area contributed by atoms with Crippen molar-refractivity contribution in [1.29, 1.82) is 0 Å². The third-order valence-corrected chi connectivity index (χ3v) is 3.61. The minimum Gasteiger partial charge on any atom is -0.468 e. The largest absolute Gasteiger partial charge is 0.468 e. The Kier molecular flexibility index (Phi) is 2.83. The van der Waals surface area contributed by atoms with Crippen LogP contribution in [0.2, 0.25) is 0 Å². The minimum absolute atomic E-state index is 0.103. The molecule has 0 unspecified atom stereocenters. The lowest BCUT2D eigenvalue weighted by molar-refractivity contribution is -0.143. The van der Waals surface area contributed by atoms with Crippen LogP contribution in [0.4, 0.5) is 0 Å². The fourth-order valence-electron chi connectivity index (χ4n) is 1.88. The van der Waals surface area contributed by atoms with Crippen LogP contribution < -0.4 is 0 Å². The van der Waals surface area contributed by atoms with Gasteiger partial charge in [0.25, 0.3) is 0 Å². The standard InChI is InChI=1S/C12H13BrO2/c1-15-11(14)12(5-6-12)10-4-2-3-9(7-10)8-13/h2-4,7H,5-6,8H2,1H3. The summed E-state index contributed by atoms with van der Waals surface area (Å²) in [6.07, 6.45) is 1.82. The number of ether oxygens (including phenoxy) is 1. The quantitative estimate of drug-likeness (QED) is 0.623. The maximum Gasteiger partial charge on any atom is 0.316 e. The lowest BCUT2D eigenvalue weighted by Gasteiger charge is -2.13. The van der Waals surface area contributed by atoms with Crippen LogP contribution >= 0.6 is 15.9 Å². The molecule has 3 heteroatoms. The second-order valence-corrected chi connectivity index (χ2v) is 4.47. The van der Waals surface area contributed by atoms with Crippen molar-refractivity contribution in [2.75, 3.05) is 7.11 Å². The summed E-state index contributed by atoms with van der Waals surface area (Å²) in [6.45, 7) is 0. The third kappa shape index (κ3) is 1.81. The summed E-state index contributed by atoms with van der Waals surface area (Å²) in [7, 11) is 1.46. The van der Waals surface area contributed by atoms with E-state index < -0.39 is 0 Å².